The van der Waals surface area contributed by atoms with Crippen LogP contribution in [0.3, 0.4) is 0 Å². The number of aryl methyl sites for hydroxylation is 2. The van der Waals surface area contributed by atoms with Gasteiger partial charge in [0.2, 0.25) is 5.91 Å². The summed E-state index contributed by atoms with van der Waals surface area (Å²) in [5, 5.41) is 12.8. The van der Waals surface area contributed by atoms with Crippen LogP contribution in [0.5, 0.6) is 5.75 Å². The molecule has 0 saturated carbocycles. The Morgan fingerprint density at radius 2 is 1.79 bits per heavy atom. The molecule has 0 radical (unpaired) electrons. The van der Waals surface area contributed by atoms with Gasteiger partial charge in [0.1, 0.15) is 5.75 Å². The molecule has 1 aromatic heterocycles. The average molecular weight is 384 g/mol. The fraction of sp³-hybridized carbons (Fsp3) is 0.240. The summed E-state index contributed by atoms with van der Waals surface area (Å²) in [6.07, 6.45) is 4.50. The number of primary amides is 1. The average Bonchev–Trinajstić information content (AvgIpc) is 3.05. The summed E-state index contributed by atoms with van der Waals surface area (Å²) in [7, 11) is 0. The van der Waals surface area contributed by atoms with E-state index in [4.69, 9.17) is 5.73 Å². The van der Waals surface area contributed by atoms with Crippen LogP contribution in [-0.4, -0.2) is 15.6 Å². The van der Waals surface area contributed by atoms with Crippen molar-refractivity contribution >= 4 is 27.7 Å². The van der Waals surface area contributed by atoms with Crippen molar-refractivity contribution in [2.24, 2.45) is 5.73 Å². The zero-order chi connectivity index (χ0) is 20.0. The van der Waals surface area contributed by atoms with Gasteiger partial charge < -0.3 is 15.4 Å². The van der Waals surface area contributed by atoms with Crippen LogP contribution in [0.2, 0.25) is 0 Å². The number of phenols is 1. The van der Waals surface area contributed by atoms with Gasteiger partial charge in [-0.1, -0.05) is 42.5 Å². The number of nitrogens with zero attached hydrogens (tertiary/aromatic N) is 1. The zero-order valence-corrected chi connectivity index (χ0v) is 16.3. The second-order valence-electron chi connectivity index (χ2n) is 7.99. The lowest BCUT2D eigenvalue weighted by molar-refractivity contribution is -0.117. The molecule has 0 fully saturated rings. The van der Waals surface area contributed by atoms with Crippen molar-refractivity contribution in [1.29, 1.82) is 0 Å². The molecule has 0 unspecified atom stereocenters. The van der Waals surface area contributed by atoms with Crippen LogP contribution in [0, 0.1) is 0 Å². The topological polar surface area (TPSA) is 68.2 Å². The maximum Gasteiger partial charge on any atom is 0.221 e. The third-order valence-electron chi connectivity index (χ3n) is 6.09. The van der Waals surface area contributed by atoms with E-state index in [0.717, 1.165) is 59.6 Å². The van der Waals surface area contributed by atoms with E-state index in [-0.39, 0.29) is 12.3 Å². The minimum Gasteiger partial charge on any atom is -0.507 e. The van der Waals surface area contributed by atoms with Gasteiger partial charge in [0.25, 0.3) is 0 Å². The first kappa shape index (κ1) is 17.8. The third-order valence-corrected chi connectivity index (χ3v) is 6.09. The lowest BCUT2D eigenvalue weighted by atomic mass is 9.89. The Morgan fingerprint density at radius 3 is 2.59 bits per heavy atom. The number of hydrogen-bond acceptors (Lipinski definition) is 2. The van der Waals surface area contributed by atoms with Crippen molar-refractivity contribution in [3.8, 4) is 5.75 Å². The lowest BCUT2D eigenvalue weighted by Gasteiger charge is -2.19. The van der Waals surface area contributed by atoms with E-state index in [2.05, 4.69) is 34.9 Å². The Bertz CT molecular complexity index is 1240. The molecule has 0 saturated heterocycles. The first-order chi connectivity index (χ1) is 14.1. The summed E-state index contributed by atoms with van der Waals surface area (Å²) in [6.45, 7) is 0.719. The Balaban J connectivity index is 1.89. The number of aromatic hydroxyl groups is 1. The van der Waals surface area contributed by atoms with E-state index in [1.165, 1.54) is 16.7 Å². The molecule has 1 aliphatic rings. The van der Waals surface area contributed by atoms with Crippen LogP contribution in [0.25, 0.3) is 21.8 Å². The van der Waals surface area contributed by atoms with E-state index >= 15 is 0 Å². The lowest BCUT2D eigenvalue weighted by Crippen LogP contribution is -2.13. The highest BCUT2D eigenvalue weighted by Crippen LogP contribution is 2.42. The van der Waals surface area contributed by atoms with Crippen molar-refractivity contribution in [2.75, 3.05) is 0 Å². The first-order valence-electron chi connectivity index (χ1n) is 10.2. The predicted octanol–water partition coefficient (Wildman–Crippen LogP) is 4.46. The fourth-order valence-corrected chi connectivity index (χ4v) is 4.90. The molecule has 3 N–H and O–H groups in total. The highest BCUT2D eigenvalue weighted by Gasteiger charge is 2.23. The number of phenolic OH excluding ortho intramolecular Hbond substituents is 1. The SMILES string of the molecule is NC(=O)Cc1cccc2c1c1c(O)cc3c(c1n2Cc1ccccc1)CCCC3. The van der Waals surface area contributed by atoms with E-state index < -0.39 is 0 Å². The zero-order valence-electron chi connectivity index (χ0n) is 16.3. The van der Waals surface area contributed by atoms with E-state index in [1.54, 1.807) is 0 Å². The van der Waals surface area contributed by atoms with Gasteiger partial charge in [-0.2, -0.15) is 0 Å². The van der Waals surface area contributed by atoms with Gasteiger partial charge in [0, 0.05) is 22.8 Å². The van der Waals surface area contributed by atoms with Gasteiger partial charge in [-0.05, 0) is 60.1 Å². The highest BCUT2D eigenvalue weighted by atomic mass is 16.3. The summed E-state index contributed by atoms with van der Waals surface area (Å²) in [5.41, 5.74) is 12.3. The first-order valence-corrected chi connectivity index (χ1v) is 10.2. The van der Waals surface area contributed by atoms with Gasteiger partial charge in [0.05, 0.1) is 11.9 Å². The quantitative estimate of drug-likeness (QED) is 0.546. The molecule has 146 valence electrons. The molecule has 0 spiro atoms. The monoisotopic (exact) mass is 384 g/mol. The molecule has 1 aliphatic carbocycles. The Kier molecular flexibility index (Phi) is 4.27. The highest BCUT2D eigenvalue weighted by molar-refractivity contribution is 6.14. The number of amides is 1. The van der Waals surface area contributed by atoms with Crippen LogP contribution in [0.1, 0.15) is 35.1 Å². The van der Waals surface area contributed by atoms with Gasteiger partial charge >= 0.3 is 0 Å². The number of aromatic nitrogens is 1. The maximum atomic E-state index is 11.7. The molecule has 5 rings (SSSR count). The van der Waals surface area contributed by atoms with Crippen molar-refractivity contribution in [1.82, 2.24) is 4.57 Å². The van der Waals surface area contributed by atoms with Crippen molar-refractivity contribution in [3.63, 3.8) is 0 Å². The van der Waals surface area contributed by atoms with Crippen LogP contribution in [-0.2, 0) is 30.6 Å². The van der Waals surface area contributed by atoms with Gasteiger partial charge in [0.15, 0.2) is 0 Å². The van der Waals surface area contributed by atoms with Crippen molar-refractivity contribution in [2.45, 2.75) is 38.6 Å². The van der Waals surface area contributed by atoms with E-state index in [9.17, 15) is 9.90 Å². The standard InChI is InChI=1S/C25H24N2O2/c26-22(29)14-18-10-6-12-20-23(18)24-21(28)13-17-9-4-5-11-19(17)25(24)27(20)15-16-7-2-1-3-8-16/h1-3,6-8,10,12-13,28H,4-5,9,11,14-15H2,(H2,26,29). The molecule has 0 aliphatic heterocycles. The third kappa shape index (κ3) is 2.96. The Hall–Kier alpha value is -3.27. The second kappa shape index (κ2) is 6.96. The molecule has 4 nitrogen and oxygen atoms in total. The number of carbonyl (C=O) groups is 1. The fourth-order valence-electron chi connectivity index (χ4n) is 4.90. The van der Waals surface area contributed by atoms with Gasteiger partial charge in [-0.25, -0.2) is 0 Å². The largest absolute Gasteiger partial charge is 0.507 e. The molecule has 1 amide bonds. The summed E-state index contributed by atoms with van der Waals surface area (Å²) in [4.78, 5) is 11.7. The van der Waals surface area contributed by atoms with Crippen LogP contribution < -0.4 is 5.73 Å². The van der Waals surface area contributed by atoms with E-state index in [0.29, 0.717) is 5.75 Å². The number of benzene rings is 3. The molecule has 0 atom stereocenters. The smallest absolute Gasteiger partial charge is 0.221 e. The van der Waals surface area contributed by atoms with Gasteiger partial charge in [-0.3, -0.25) is 4.79 Å². The Morgan fingerprint density at radius 1 is 1.00 bits per heavy atom. The minimum atomic E-state index is -0.362. The van der Waals surface area contributed by atoms with Crippen LogP contribution >= 0.6 is 0 Å². The molecule has 4 heteroatoms. The minimum absolute atomic E-state index is 0.165. The number of nitrogens with two attached hydrogens (primary N) is 1. The number of hydrogen-bond donors (Lipinski definition) is 2. The van der Waals surface area contributed by atoms with Crippen molar-refractivity contribution < 1.29 is 9.90 Å². The van der Waals surface area contributed by atoms with Crippen LogP contribution in [0.4, 0.5) is 0 Å². The summed E-state index contributed by atoms with van der Waals surface area (Å²) in [5.74, 6) is -0.0618. The van der Waals surface area contributed by atoms with E-state index in [1.807, 2.05) is 24.3 Å². The predicted molar refractivity (Wildman–Crippen MR) is 116 cm³/mol. The molecule has 0 bridgehead atoms. The van der Waals surface area contributed by atoms with Crippen molar-refractivity contribution in [3.05, 3.63) is 76.9 Å². The number of carbonyl (C=O) groups excluding carboxylic acids is 1. The summed E-state index contributed by atoms with van der Waals surface area (Å²) >= 11 is 0. The van der Waals surface area contributed by atoms with Crippen LogP contribution in [0.15, 0.2) is 54.6 Å². The summed E-state index contributed by atoms with van der Waals surface area (Å²) < 4.78 is 2.31. The molecule has 29 heavy (non-hydrogen) atoms. The normalized spacial score (nSPS) is 13.7. The van der Waals surface area contributed by atoms with Gasteiger partial charge in [-0.15, -0.1) is 0 Å². The molecular formula is C25H24N2O2. The molecule has 3 aromatic carbocycles. The molecular weight excluding hydrogens is 360 g/mol. The number of fused-ring (bicyclic) bond motifs is 5. The molecule has 4 aromatic rings. The molecule has 1 heterocycles. The second-order valence-corrected chi connectivity index (χ2v) is 7.99. The maximum absolute atomic E-state index is 11.7. The number of rotatable bonds is 4. The Labute approximate surface area is 169 Å². The summed E-state index contributed by atoms with van der Waals surface area (Å²) in [6, 6.07) is 18.3.